The van der Waals surface area contributed by atoms with E-state index < -0.39 is 10.0 Å². The van der Waals surface area contributed by atoms with Crippen LogP contribution in [-0.2, 0) is 23.6 Å². The van der Waals surface area contributed by atoms with Crippen molar-refractivity contribution in [2.75, 3.05) is 5.73 Å². The molecule has 2 heterocycles. The smallest absolute Gasteiger partial charge is 0.246 e. The van der Waals surface area contributed by atoms with E-state index in [1.54, 1.807) is 7.05 Å². The maximum atomic E-state index is 11.9. The van der Waals surface area contributed by atoms with E-state index in [2.05, 4.69) is 25.0 Å². The number of aromatic nitrogens is 5. The molecular formula is C7H11N7O2S. The zero-order valence-corrected chi connectivity index (χ0v) is 9.77. The number of hydrogen-bond donors (Lipinski definition) is 3. The molecule has 2 aromatic heterocycles. The maximum absolute atomic E-state index is 11.9. The number of nitrogen functional groups attached to an aromatic ring is 1. The molecule has 10 heteroatoms. The number of hydrogen-bond acceptors (Lipinski definition) is 6. The van der Waals surface area contributed by atoms with Gasteiger partial charge in [-0.1, -0.05) is 0 Å². The topological polar surface area (TPSA) is 132 Å². The van der Waals surface area contributed by atoms with Crippen LogP contribution < -0.4 is 10.5 Å². The molecule has 0 saturated heterocycles. The Morgan fingerprint density at radius 2 is 2.35 bits per heavy atom. The third kappa shape index (κ3) is 2.42. The van der Waals surface area contributed by atoms with Crippen molar-refractivity contribution in [1.82, 2.24) is 29.7 Å². The first-order chi connectivity index (χ1) is 7.99. The van der Waals surface area contributed by atoms with Gasteiger partial charge in [0.05, 0.1) is 6.54 Å². The van der Waals surface area contributed by atoms with Gasteiger partial charge in [-0.3, -0.25) is 9.78 Å². The molecule has 9 nitrogen and oxygen atoms in total. The molecule has 2 aromatic rings. The summed E-state index contributed by atoms with van der Waals surface area (Å²) in [5.74, 6) is 0.369. The van der Waals surface area contributed by atoms with Gasteiger partial charge in [0.15, 0.2) is 5.82 Å². The standard InChI is InChI=1S/C7H11N7O2S/c1-14-3-5(7(8)13-14)17(15,16)11-2-6-9-4-10-12-6/h3-4,11H,2H2,1H3,(H2,8,13)(H,9,10,12). The van der Waals surface area contributed by atoms with Crippen LogP contribution in [-0.4, -0.2) is 33.4 Å². The molecule has 2 rings (SSSR count). The van der Waals surface area contributed by atoms with Crippen molar-refractivity contribution in [3.8, 4) is 0 Å². The fraction of sp³-hybridized carbons (Fsp3) is 0.286. The number of aromatic amines is 1. The Labute approximate surface area is 97.1 Å². The lowest BCUT2D eigenvalue weighted by molar-refractivity contribution is 0.579. The van der Waals surface area contributed by atoms with Gasteiger partial charge in [0.1, 0.15) is 17.0 Å². The van der Waals surface area contributed by atoms with Crippen molar-refractivity contribution in [3.63, 3.8) is 0 Å². The number of aryl methyl sites for hydroxylation is 1. The van der Waals surface area contributed by atoms with Crippen molar-refractivity contribution in [3.05, 3.63) is 18.3 Å². The van der Waals surface area contributed by atoms with Gasteiger partial charge in [-0.25, -0.2) is 18.1 Å². The van der Waals surface area contributed by atoms with Crippen LogP contribution in [0.4, 0.5) is 5.82 Å². The van der Waals surface area contributed by atoms with E-state index in [9.17, 15) is 8.42 Å². The molecular weight excluding hydrogens is 246 g/mol. The second-order valence-corrected chi connectivity index (χ2v) is 5.04. The highest BCUT2D eigenvalue weighted by Gasteiger charge is 2.20. The molecule has 17 heavy (non-hydrogen) atoms. The van der Waals surface area contributed by atoms with Crippen LogP contribution in [0.25, 0.3) is 0 Å². The minimum Gasteiger partial charge on any atom is -0.381 e. The largest absolute Gasteiger partial charge is 0.381 e. The second-order valence-electron chi connectivity index (χ2n) is 3.31. The highest BCUT2D eigenvalue weighted by Crippen LogP contribution is 2.15. The van der Waals surface area contributed by atoms with E-state index in [-0.39, 0.29) is 17.3 Å². The summed E-state index contributed by atoms with van der Waals surface area (Å²) in [4.78, 5) is 3.74. The molecule has 0 bridgehead atoms. The van der Waals surface area contributed by atoms with Gasteiger partial charge >= 0.3 is 0 Å². The SMILES string of the molecule is Cn1cc(S(=O)(=O)NCc2ncn[nH]2)c(N)n1. The molecule has 0 amide bonds. The third-order valence-electron chi connectivity index (χ3n) is 2.01. The Bertz CT molecular complexity index is 600. The van der Waals surface area contributed by atoms with Gasteiger partial charge in [-0.15, -0.1) is 0 Å². The number of H-pyrrole nitrogens is 1. The normalized spacial score (nSPS) is 11.8. The Hall–Kier alpha value is -1.94. The van der Waals surface area contributed by atoms with Gasteiger partial charge in [-0.2, -0.15) is 10.2 Å². The van der Waals surface area contributed by atoms with Crippen LogP contribution in [0.2, 0.25) is 0 Å². The minimum absolute atomic E-state index is 0.0106. The molecule has 0 spiro atoms. The van der Waals surface area contributed by atoms with E-state index in [1.807, 2.05) is 0 Å². The summed E-state index contributed by atoms with van der Waals surface area (Å²) in [6.45, 7) is 0.0106. The molecule has 0 aliphatic carbocycles. The predicted octanol–water partition coefficient (Wildman–Crippen LogP) is -1.40. The van der Waals surface area contributed by atoms with Crippen LogP contribution in [0.5, 0.6) is 0 Å². The van der Waals surface area contributed by atoms with Gasteiger partial charge in [0.25, 0.3) is 0 Å². The molecule has 0 radical (unpaired) electrons. The van der Waals surface area contributed by atoms with Crippen molar-refractivity contribution < 1.29 is 8.42 Å². The molecule has 0 aliphatic heterocycles. The Kier molecular flexibility index (Phi) is 2.81. The lowest BCUT2D eigenvalue weighted by atomic mass is 10.6. The Morgan fingerprint density at radius 3 is 2.88 bits per heavy atom. The lowest BCUT2D eigenvalue weighted by Gasteiger charge is -2.02. The molecule has 0 atom stereocenters. The molecule has 0 aromatic carbocycles. The molecule has 0 fully saturated rings. The van der Waals surface area contributed by atoms with Gasteiger partial charge in [-0.05, 0) is 0 Å². The minimum atomic E-state index is -3.69. The van der Waals surface area contributed by atoms with Crippen LogP contribution in [0.3, 0.4) is 0 Å². The van der Waals surface area contributed by atoms with Gasteiger partial charge in [0.2, 0.25) is 10.0 Å². The van der Waals surface area contributed by atoms with Crippen LogP contribution in [0.15, 0.2) is 17.4 Å². The first-order valence-corrected chi connectivity index (χ1v) is 6.10. The van der Waals surface area contributed by atoms with Crippen molar-refractivity contribution >= 4 is 15.8 Å². The number of sulfonamides is 1. The van der Waals surface area contributed by atoms with Crippen molar-refractivity contribution in [1.29, 1.82) is 0 Å². The second kappa shape index (κ2) is 4.14. The fourth-order valence-electron chi connectivity index (χ4n) is 1.25. The molecule has 0 unspecified atom stereocenters. The van der Waals surface area contributed by atoms with Gasteiger partial charge in [0, 0.05) is 13.2 Å². The third-order valence-corrected chi connectivity index (χ3v) is 3.42. The number of rotatable bonds is 4. The molecule has 4 N–H and O–H groups in total. The lowest BCUT2D eigenvalue weighted by Crippen LogP contribution is -2.24. The summed E-state index contributed by atoms with van der Waals surface area (Å²) >= 11 is 0. The predicted molar refractivity (Wildman–Crippen MR) is 58.0 cm³/mol. The van der Waals surface area contributed by atoms with E-state index in [0.29, 0.717) is 5.82 Å². The van der Waals surface area contributed by atoms with Gasteiger partial charge < -0.3 is 5.73 Å². The van der Waals surface area contributed by atoms with E-state index >= 15 is 0 Å². The Morgan fingerprint density at radius 1 is 1.59 bits per heavy atom. The number of nitrogens with two attached hydrogens (primary N) is 1. The van der Waals surface area contributed by atoms with Crippen molar-refractivity contribution in [2.45, 2.75) is 11.4 Å². The number of anilines is 1. The molecule has 0 saturated carbocycles. The summed E-state index contributed by atoms with van der Waals surface area (Å²) < 4.78 is 27.4. The average Bonchev–Trinajstić information content (AvgIpc) is 2.85. The first-order valence-electron chi connectivity index (χ1n) is 4.62. The first kappa shape index (κ1) is 11.5. The van der Waals surface area contributed by atoms with E-state index in [0.717, 1.165) is 0 Å². The zero-order valence-electron chi connectivity index (χ0n) is 8.95. The fourth-order valence-corrected chi connectivity index (χ4v) is 2.34. The molecule has 0 aliphatic rings. The van der Waals surface area contributed by atoms with E-state index in [4.69, 9.17) is 5.73 Å². The highest BCUT2D eigenvalue weighted by atomic mass is 32.2. The van der Waals surface area contributed by atoms with E-state index in [1.165, 1.54) is 17.2 Å². The van der Waals surface area contributed by atoms with Crippen molar-refractivity contribution in [2.24, 2.45) is 7.05 Å². The highest BCUT2D eigenvalue weighted by molar-refractivity contribution is 7.89. The zero-order chi connectivity index (χ0) is 12.5. The van der Waals surface area contributed by atoms with Crippen LogP contribution in [0.1, 0.15) is 5.82 Å². The summed E-state index contributed by atoms with van der Waals surface area (Å²) in [6.07, 6.45) is 2.63. The maximum Gasteiger partial charge on any atom is 0.246 e. The summed E-state index contributed by atoms with van der Waals surface area (Å²) in [5, 5.41) is 9.91. The summed E-state index contributed by atoms with van der Waals surface area (Å²) in [6, 6.07) is 0. The quantitative estimate of drug-likeness (QED) is 0.617. The average molecular weight is 257 g/mol. The number of nitrogens with one attached hydrogen (secondary N) is 2. The summed E-state index contributed by atoms with van der Waals surface area (Å²) in [5.41, 5.74) is 5.49. The Balaban J connectivity index is 2.17. The monoisotopic (exact) mass is 257 g/mol. The molecule has 92 valence electrons. The number of nitrogens with zero attached hydrogens (tertiary/aromatic N) is 4. The van der Waals surface area contributed by atoms with Crippen LogP contribution >= 0.6 is 0 Å². The van der Waals surface area contributed by atoms with Crippen LogP contribution in [0, 0.1) is 0 Å². The summed E-state index contributed by atoms with van der Waals surface area (Å²) in [7, 11) is -2.10.